The Labute approximate surface area is 117 Å². The molecule has 0 bridgehead atoms. The Bertz CT molecular complexity index is 622. The number of fused-ring (bicyclic) bond motifs is 3. The van der Waals surface area contributed by atoms with Crippen molar-refractivity contribution in [1.82, 2.24) is 15.2 Å². The van der Waals surface area contributed by atoms with E-state index in [1.54, 1.807) is 6.20 Å². The molecule has 3 rings (SSSR count). The Balaban J connectivity index is 0.000000640. The van der Waals surface area contributed by atoms with Crippen LogP contribution in [0.3, 0.4) is 0 Å². The number of rotatable bonds is 0. The molecule has 2 heterocycles. The normalized spacial score (nSPS) is 9.75. The monoisotopic (exact) mass is 290 g/mol. The molecule has 0 atom stereocenters. The van der Waals surface area contributed by atoms with E-state index in [1.165, 1.54) is 0 Å². The smallest absolute Gasteiger partial charge is 0.148 e. The predicted octanol–water partition coefficient (Wildman–Crippen LogP) is 0.495. The minimum absolute atomic E-state index is 0. The molecule has 0 saturated carbocycles. The maximum absolute atomic E-state index is 5.75. The number of para-hydroxylation sites is 1. The first-order valence-electron chi connectivity index (χ1n) is 4.28. The maximum Gasteiger partial charge on any atom is 0.148 e. The Morgan fingerprint density at radius 2 is 1.88 bits per heavy atom. The van der Waals surface area contributed by atoms with Gasteiger partial charge in [0.25, 0.3) is 0 Å². The van der Waals surface area contributed by atoms with Crippen molar-refractivity contribution < 1.29 is 38.2 Å². The summed E-state index contributed by atoms with van der Waals surface area (Å²) in [6, 6.07) is 7.82. The summed E-state index contributed by atoms with van der Waals surface area (Å²) in [4.78, 5) is 4.25. The molecular weight excluding hydrogens is 281 g/mol. The molecule has 0 aliphatic heterocycles. The largest absolute Gasteiger partial charge is 0.581 e. The van der Waals surface area contributed by atoms with Crippen LogP contribution in [0.15, 0.2) is 30.5 Å². The van der Waals surface area contributed by atoms with Gasteiger partial charge in [-0.25, -0.2) is 4.98 Å². The number of pyridine rings is 1. The molecule has 16 heavy (non-hydrogen) atoms. The van der Waals surface area contributed by atoms with Crippen LogP contribution in [-0.4, -0.2) is 15.6 Å². The third-order valence-electron chi connectivity index (χ3n) is 2.28. The van der Waals surface area contributed by atoms with Crippen LogP contribution >= 0.6 is 0 Å². The van der Waals surface area contributed by atoms with Crippen LogP contribution in [0.25, 0.3) is 21.8 Å². The first-order chi connectivity index (χ1) is 6.86. The molecule has 5 nitrogen and oxygen atoms in total. The molecule has 79 valence electrons. The summed E-state index contributed by atoms with van der Waals surface area (Å²) < 4.78 is 0. The van der Waals surface area contributed by atoms with Gasteiger partial charge in [0.2, 0.25) is 0 Å². The molecule has 1 aromatic carbocycles. The summed E-state index contributed by atoms with van der Waals surface area (Å²) in [7, 11) is 0. The van der Waals surface area contributed by atoms with Crippen molar-refractivity contribution >= 4 is 27.6 Å². The Kier molecular flexibility index (Phi) is 3.96. The number of hydrogen-bond acceptors (Lipinski definition) is 3. The van der Waals surface area contributed by atoms with E-state index >= 15 is 0 Å². The second-order valence-corrected chi connectivity index (χ2v) is 3.12. The minimum atomic E-state index is 0. The summed E-state index contributed by atoms with van der Waals surface area (Å²) in [5.41, 5.74) is 7.32. The van der Waals surface area contributed by atoms with E-state index in [9.17, 15) is 0 Å². The first-order valence-corrected chi connectivity index (χ1v) is 4.28. The van der Waals surface area contributed by atoms with Gasteiger partial charge in [-0.1, -0.05) is 18.2 Å². The van der Waals surface area contributed by atoms with Gasteiger partial charge in [0.05, 0.1) is 11.0 Å². The van der Waals surface area contributed by atoms with Crippen LogP contribution < -0.4 is 10.8 Å². The van der Waals surface area contributed by atoms with Crippen molar-refractivity contribution in [3.05, 3.63) is 30.5 Å². The number of anilines is 1. The molecule has 0 aliphatic carbocycles. The van der Waals surface area contributed by atoms with Crippen LogP contribution in [0.5, 0.6) is 0 Å². The van der Waals surface area contributed by atoms with Gasteiger partial charge in [-0.3, -0.25) is 0 Å². The molecular formula is C10H9N4OY-. The van der Waals surface area contributed by atoms with Gasteiger partial charge >= 0.3 is 0 Å². The minimum Gasteiger partial charge on any atom is -0.581 e. The van der Waals surface area contributed by atoms with Gasteiger partial charge in [0, 0.05) is 38.1 Å². The summed E-state index contributed by atoms with van der Waals surface area (Å²) in [5, 5.41) is 9.78. The Morgan fingerprint density at radius 1 is 1.12 bits per heavy atom. The van der Waals surface area contributed by atoms with Crippen molar-refractivity contribution in [3.8, 4) is 0 Å². The van der Waals surface area contributed by atoms with Gasteiger partial charge in [-0.15, -0.1) is 0 Å². The van der Waals surface area contributed by atoms with Gasteiger partial charge in [-0.05, 0) is 11.5 Å². The summed E-state index contributed by atoms with van der Waals surface area (Å²) in [6.45, 7) is 0. The fraction of sp³-hybridized carbons (Fsp3) is 0. The van der Waals surface area contributed by atoms with Crippen molar-refractivity contribution in [2.24, 2.45) is 0 Å². The van der Waals surface area contributed by atoms with E-state index < -0.39 is 0 Å². The zero-order valence-corrected chi connectivity index (χ0v) is 11.2. The third kappa shape index (κ3) is 1.82. The molecule has 1 radical (unpaired) electrons. The van der Waals surface area contributed by atoms with Crippen LogP contribution in [0.2, 0.25) is 0 Å². The quantitative estimate of drug-likeness (QED) is 0.651. The standard InChI is InChI=1S/C10H7N4.H2O.Y/c11-10-9-7(5-12-14-9)6-3-1-2-4-8(6)13-10;;/h1-5H,(H2-,11,12,13,14);1H2;/q-1;;. The Morgan fingerprint density at radius 3 is 2.69 bits per heavy atom. The van der Waals surface area contributed by atoms with Crippen molar-refractivity contribution in [1.29, 1.82) is 0 Å². The summed E-state index contributed by atoms with van der Waals surface area (Å²) in [5.74, 6) is 0.441. The van der Waals surface area contributed by atoms with E-state index in [1.807, 2.05) is 24.3 Å². The summed E-state index contributed by atoms with van der Waals surface area (Å²) >= 11 is 0. The zero-order chi connectivity index (χ0) is 9.54. The average molecular weight is 290 g/mol. The fourth-order valence-corrected chi connectivity index (χ4v) is 1.63. The SMILES string of the molecule is Nc1nc2ccccc2c2c[n-]nc12.O.[Y]. The van der Waals surface area contributed by atoms with Gasteiger partial charge in [-0.2, -0.15) is 6.20 Å². The number of nitrogen functional groups attached to an aromatic ring is 1. The topological polar surface area (TPSA) is 97.4 Å². The van der Waals surface area contributed by atoms with Crippen molar-refractivity contribution in [2.75, 3.05) is 5.73 Å². The van der Waals surface area contributed by atoms with Crippen molar-refractivity contribution in [3.63, 3.8) is 0 Å². The van der Waals surface area contributed by atoms with Gasteiger partial charge in [0.1, 0.15) is 5.82 Å². The predicted molar refractivity (Wildman–Crippen MR) is 58.4 cm³/mol. The molecule has 0 unspecified atom stereocenters. The van der Waals surface area contributed by atoms with Crippen LogP contribution in [0, 0.1) is 0 Å². The molecule has 6 heteroatoms. The van der Waals surface area contributed by atoms with Crippen LogP contribution in [-0.2, 0) is 32.7 Å². The molecule has 0 saturated heterocycles. The Hall–Kier alpha value is -1.04. The van der Waals surface area contributed by atoms with Crippen LogP contribution in [0.1, 0.15) is 0 Å². The third-order valence-corrected chi connectivity index (χ3v) is 2.28. The number of nitrogens with zero attached hydrogens (tertiary/aromatic N) is 3. The number of nitrogens with two attached hydrogens (primary N) is 1. The molecule has 0 spiro atoms. The van der Waals surface area contributed by atoms with Gasteiger partial charge < -0.3 is 21.4 Å². The number of aromatic nitrogens is 3. The summed E-state index contributed by atoms with van der Waals surface area (Å²) in [6.07, 6.45) is 1.72. The molecule has 0 amide bonds. The molecule has 4 N–H and O–H groups in total. The second kappa shape index (κ2) is 4.86. The molecule has 2 aromatic heterocycles. The number of hydrogen-bond donors (Lipinski definition) is 1. The average Bonchev–Trinajstić information content (AvgIpc) is 2.67. The zero-order valence-electron chi connectivity index (χ0n) is 8.38. The number of benzene rings is 1. The van der Waals surface area contributed by atoms with E-state index in [0.717, 1.165) is 16.3 Å². The van der Waals surface area contributed by atoms with Crippen molar-refractivity contribution in [2.45, 2.75) is 0 Å². The van der Waals surface area contributed by atoms with E-state index in [4.69, 9.17) is 5.73 Å². The second-order valence-electron chi connectivity index (χ2n) is 3.12. The van der Waals surface area contributed by atoms with E-state index in [-0.39, 0.29) is 38.2 Å². The van der Waals surface area contributed by atoms with Crippen LogP contribution in [0.4, 0.5) is 5.82 Å². The molecule has 3 aromatic rings. The molecule has 0 aliphatic rings. The fourth-order valence-electron chi connectivity index (χ4n) is 1.63. The van der Waals surface area contributed by atoms with Gasteiger partial charge in [0.15, 0.2) is 0 Å². The molecule has 0 fully saturated rings. The first kappa shape index (κ1) is 13.0. The van der Waals surface area contributed by atoms with E-state index in [2.05, 4.69) is 15.2 Å². The van der Waals surface area contributed by atoms with E-state index in [0.29, 0.717) is 11.3 Å². The maximum atomic E-state index is 5.75.